The summed E-state index contributed by atoms with van der Waals surface area (Å²) in [4.78, 5) is 4.29. The molecule has 0 atom stereocenters. The van der Waals surface area contributed by atoms with Crippen LogP contribution in [0.2, 0.25) is 0 Å². The fraction of sp³-hybridized carbons (Fsp3) is 0.200. The SMILES string of the molecule is Cc1ccc(C)c(-c2c3c(cc[n+]2C)-c2ccncc2C3)c1. The molecule has 0 fully saturated rings. The van der Waals surface area contributed by atoms with Gasteiger partial charge in [-0.25, -0.2) is 4.57 Å². The van der Waals surface area contributed by atoms with Gasteiger partial charge in [-0.3, -0.25) is 4.98 Å². The van der Waals surface area contributed by atoms with Crippen molar-refractivity contribution in [2.24, 2.45) is 7.05 Å². The number of benzene rings is 1. The lowest BCUT2D eigenvalue weighted by atomic mass is 9.96. The van der Waals surface area contributed by atoms with Gasteiger partial charge in [0, 0.05) is 36.0 Å². The van der Waals surface area contributed by atoms with Crippen LogP contribution in [0, 0.1) is 13.8 Å². The van der Waals surface area contributed by atoms with Crippen molar-refractivity contribution in [3.63, 3.8) is 0 Å². The van der Waals surface area contributed by atoms with Crippen molar-refractivity contribution in [2.75, 3.05) is 0 Å². The second-order valence-corrected chi connectivity index (χ2v) is 6.20. The van der Waals surface area contributed by atoms with Crippen LogP contribution in [0.4, 0.5) is 0 Å². The molecular formula is C20H19N2+. The Balaban J connectivity index is 2.01. The summed E-state index contributed by atoms with van der Waals surface area (Å²) in [5, 5.41) is 0. The van der Waals surface area contributed by atoms with Crippen molar-refractivity contribution >= 4 is 0 Å². The summed E-state index contributed by atoms with van der Waals surface area (Å²) in [5.41, 5.74) is 10.7. The number of nitrogens with zero attached hydrogens (tertiary/aromatic N) is 2. The number of pyridine rings is 2. The van der Waals surface area contributed by atoms with Gasteiger partial charge in [-0.2, -0.15) is 0 Å². The second kappa shape index (κ2) is 4.77. The molecule has 0 radical (unpaired) electrons. The van der Waals surface area contributed by atoms with Crippen LogP contribution in [0.5, 0.6) is 0 Å². The topological polar surface area (TPSA) is 16.8 Å². The molecule has 0 aliphatic heterocycles. The summed E-state index contributed by atoms with van der Waals surface area (Å²) in [6.07, 6.45) is 7.03. The Hall–Kier alpha value is -2.48. The van der Waals surface area contributed by atoms with E-state index in [1.165, 1.54) is 44.6 Å². The van der Waals surface area contributed by atoms with Crippen LogP contribution >= 0.6 is 0 Å². The van der Waals surface area contributed by atoms with E-state index < -0.39 is 0 Å². The van der Waals surface area contributed by atoms with E-state index in [0.717, 1.165) is 6.42 Å². The minimum Gasteiger partial charge on any atom is -0.264 e. The zero-order valence-corrected chi connectivity index (χ0v) is 13.2. The Bertz CT molecular complexity index is 894. The molecule has 0 amide bonds. The predicted octanol–water partition coefficient (Wildman–Crippen LogP) is 3.76. The molecule has 2 heterocycles. The maximum atomic E-state index is 4.29. The summed E-state index contributed by atoms with van der Waals surface area (Å²) in [5.74, 6) is 0. The highest BCUT2D eigenvalue weighted by Crippen LogP contribution is 2.40. The molecule has 0 spiro atoms. The highest BCUT2D eigenvalue weighted by Gasteiger charge is 2.28. The Labute approximate surface area is 131 Å². The first kappa shape index (κ1) is 13.2. The normalized spacial score (nSPS) is 12.1. The molecule has 22 heavy (non-hydrogen) atoms. The van der Waals surface area contributed by atoms with E-state index in [1.807, 2.05) is 12.4 Å². The summed E-state index contributed by atoms with van der Waals surface area (Å²) in [6.45, 7) is 4.35. The lowest BCUT2D eigenvalue weighted by Gasteiger charge is -2.10. The average molecular weight is 287 g/mol. The van der Waals surface area contributed by atoms with Gasteiger partial charge in [-0.15, -0.1) is 0 Å². The Morgan fingerprint density at radius 3 is 2.73 bits per heavy atom. The zero-order valence-electron chi connectivity index (χ0n) is 13.2. The van der Waals surface area contributed by atoms with Crippen LogP contribution in [-0.2, 0) is 13.5 Å². The molecule has 0 bridgehead atoms. The fourth-order valence-corrected chi connectivity index (χ4v) is 3.50. The summed E-state index contributed by atoms with van der Waals surface area (Å²) in [7, 11) is 2.14. The Morgan fingerprint density at radius 1 is 1.00 bits per heavy atom. The monoisotopic (exact) mass is 287 g/mol. The van der Waals surface area contributed by atoms with Crippen molar-refractivity contribution in [3.8, 4) is 22.4 Å². The number of hydrogen-bond donors (Lipinski definition) is 0. The predicted molar refractivity (Wildman–Crippen MR) is 88.6 cm³/mol. The first-order valence-corrected chi connectivity index (χ1v) is 7.67. The van der Waals surface area contributed by atoms with Crippen LogP contribution in [0.3, 0.4) is 0 Å². The third kappa shape index (κ3) is 1.87. The largest absolute Gasteiger partial charge is 0.264 e. The summed E-state index contributed by atoms with van der Waals surface area (Å²) >= 11 is 0. The molecule has 1 aliphatic carbocycles. The van der Waals surface area contributed by atoms with Gasteiger partial charge >= 0.3 is 0 Å². The Kier molecular flexibility index (Phi) is 2.86. The molecule has 0 saturated carbocycles. The summed E-state index contributed by atoms with van der Waals surface area (Å²) < 4.78 is 2.25. The molecule has 108 valence electrons. The molecule has 0 saturated heterocycles. The number of aromatic nitrogens is 2. The number of rotatable bonds is 1. The number of hydrogen-bond acceptors (Lipinski definition) is 1. The van der Waals surface area contributed by atoms with Crippen molar-refractivity contribution in [3.05, 3.63) is 71.2 Å². The van der Waals surface area contributed by atoms with Gasteiger partial charge in [0.15, 0.2) is 6.20 Å². The third-order valence-electron chi connectivity index (χ3n) is 4.64. The zero-order chi connectivity index (χ0) is 15.3. The lowest BCUT2D eigenvalue weighted by Crippen LogP contribution is -2.32. The fourth-order valence-electron chi connectivity index (χ4n) is 3.50. The molecular weight excluding hydrogens is 268 g/mol. The first-order valence-electron chi connectivity index (χ1n) is 7.67. The second-order valence-electron chi connectivity index (χ2n) is 6.20. The van der Waals surface area contributed by atoms with Gasteiger partial charge in [0.05, 0.1) is 0 Å². The molecule has 2 nitrogen and oxygen atoms in total. The lowest BCUT2D eigenvalue weighted by molar-refractivity contribution is -0.660. The molecule has 1 aromatic carbocycles. The van der Waals surface area contributed by atoms with Crippen molar-refractivity contribution in [2.45, 2.75) is 20.3 Å². The van der Waals surface area contributed by atoms with Gasteiger partial charge in [0.25, 0.3) is 0 Å². The van der Waals surface area contributed by atoms with Gasteiger partial charge in [0.2, 0.25) is 5.69 Å². The average Bonchev–Trinajstić information content (AvgIpc) is 2.88. The maximum absolute atomic E-state index is 4.29. The molecule has 0 N–H and O–H groups in total. The molecule has 2 aromatic heterocycles. The maximum Gasteiger partial charge on any atom is 0.216 e. The van der Waals surface area contributed by atoms with Crippen molar-refractivity contribution < 1.29 is 4.57 Å². The van der Waals surface area contributed by atoms with E-state index in [2.05, 4.69) is 67.0 Å². The molecule has 0 unspecified atom stereocenters. The van der Waals surface area contributed by atoms with Crippen LogP contribution in [0.15, 0.2) is 48.9 Å². The van der Waals surface area contributed by atoms with Gasteiger partial charge in [0.1, 0.15) is 7.05 Å². The quantitative estimate of drug-likeness (QED) is 0.487. The van der Waals surface area contributed by atoms with Crippen LogP contribution < -0.4 is 4.57 Å². The smallest absolute Gasteiger partial charge is 0.216 e. The number of aryl methyl sites for hydroxylation is 3. The van der Waals surface area contributed by atoms with Crippen LogP contribution in [-0.4, -0.2) is 4.98 Å². The highest BCUT2D eigenvalue weighted by atomic mass is 14.9. The van der Waals surface area contributed by atoms with Crippen molar-refractivity contribution in [1.29, 1.82) is 0 Å². The van der Waals surface area contributed by atoms with E-state index in [-0.39, 0.29) is 0 Å². The molecule has 2 heteroatoms. The number of fused-ring (bicyclic) bond motifs is 3. The van der Waals surface area contributed by atoms with Gasteiger partial charge in [-0.05, 0) is 48.2 Å². The third-order valence-corrected chi connectivity index (χ3v) is 4.64. The minimum atomic E-state index is 0.968. The standard InChI is InChI=1S/C20H19N2/c1-13-4-5-14(2)18(10-13)20-19-11-15-12-21-8-6-16(15)17(19)7-9-22(20)3/h4-10,12H,11H2,1-3H3/q+1. The van der Waals surface area contributed by atoms with Crippen molar-refractivity contribution in [1.82, 2.24) is 4.98 Å². The van der Waals surface area contributed by atoms with Crippen LogP contribution in [0.1, 0.15) is 22.3 Å². The van der Waals surface area contributed by atoms with E-state index >= 15 is 0 Å². The van der Waals surface area contributed by atoms with Gasteiger partial charge in [-0.1, -0.05) is 17.7 Å². The Morgan fingerprint density at radius 2 is 1.86 bits per heavy atom. The summed E-state index contributed by atoms with van der Waals surface area (Å²) in [6, 6.07) is 11.1. The van der Waals surface area contributed by atoms with Crippen LogP contribution in [0.25, 0.3) is 22.4 Å². The van der Waals surface area contributed by atoms with E-state index in [0.29, 0.717) is 0 Å². The van der Waals surface area contributed by atoms with E-state index in [1.54, 1.807) is 0 Å². The molecule has 3 aromatic rings. The highest BCUT2D eigenvalue weighted by molar-refractivity contribution is 5.82. The van der Waals surface area contributed by atoms with Gasteiger partial charge < -0.3 is 0 Å². The molecule has 4 rings (SSSR count). The first-order chi connectivity index (χ1) is 10.6. The van der Waals surface area contributed by atoms with E-state index in [9.17, 15) is 0 Å². The molecule has 1 aliphatic rings. The minimum absolute atomic E-state index is 0.968. The van der Waals surface area contributed by atoms with E-state index in [4.69, 9.17) is 0 Å².